The Labute approximate surface area is 208 Å². The Hall–Kier alpha value is -2.67. The molecule has 1 N–H and O–H groups in total. The molecule has 0 spiro atoms. The van der Waals surface area contributed by atoms with Crippen molar-refractivity contribution in [1.82, 2.24) is 15.1 Å². The molecule has 1 saturated heterocycles. The van der Waals surface area contributed by atoms with Gasteiger partial charge in [-0.05, 0) is 80.7 Å². The maximum Gasteiger partial charge on any atom is 0.223 e. The molecule has 0 bridgehead atoms. The number of nitrogens with one attached hydrogen (secondary N) is 1. The maximum absolute atomic E-state index is 14.8. The third kappa shape index (κ3) is 4.28. The number of aromatic nitrogens is 2. The quantitative estimate of drug-likeness (QED) is 0.492. The van der Waals surface area contributed by atoms with Crippen LogP contribution in [0.15, 0.2) is 48.5 Å². The molecule has 3 aromatic rings. The van der Waals surface area contributed by atoms with Crippen molar-refractivity contribution in [3.63, 3.8) is 0 Å². The highest BCUT2D eigenvalue weighted by molar-refractivity contribution is 7.99. The van der Waals surface area contributed by atoms with Gasteiger partial charge in [0.2, 0.25) is 5.91 Å². The molecule has 3 aliphatic rings. The Morgan fingerprint density at radius 1 is 1.17 bits per heavy atom. The van der Waals surface area contributed by atoms with Crippen molar-refractivity contribution in [1.29, 1.82) is 0 Å². The van der Waals surface area contributed by atoms with Crippen LogP contribution in [-0.2, 0) is 23.3 Å². The molecule has 35 heavy (non-hydrogen) atoms. The number of halogens is 2. The lowest BCUT2D eigenvalue weighted by molar-refractivity contribution is -0.126. The second kappa shape index (κ2) is 8.47. The smallest absolute Gasteiger partial charge is 0.223 e. The summed E-state index contributed by atoms with van der Waals surface area (Å²) in [6.45, 7) is 2.13. The number of nitrogens with zero attached hydrogens (tertiary/aromatic N) is 2. The number of rotatable bonds is 5. The van der Waals surface area contributed by atoms with E-state index in [9.17, 15) is 13.6 Å². The molecule has 6 rings (SSSR count). The normalized spacial score (nSPS) is 24.7. The summed E-state index contributed by atoms with van der Waals surface area (Å²) in [5, 5.41) is 8.26. The molecule has 1 aromatic heterocycles. The molecule has 4 nitrogen and oxygen atoms in total. The molecule has 182 valence electrons. The lowest BCUT2D eigenvalue weighted by Crippen LogP contribution is -2.49. The number of benzene rings is 2. The molecule has 1 aliphatic heterocycles. The van der Waals surface area contributed by atoms with Crippen LogP contribution in [0.2, 0.25) is 0 Å². The van der Waals surface area contributed by atoms with Gasteiger partial charge in [0.1, 0.15) is 11.5 Å². The minimum absolute atomic E-state index is 0.101. The van der Waals surface area contributed by atoms with E-state index in [0.29, 0.717) is 24.8 Å². The van der Waals surface area contributed by atoms with Crippen molar-refractivity contribution < 1.29 is 13.6 Å². The maximum atomic E-state index is 14.8. The summed E-state index contributed by atoms with van der Waals surface area (Å²) >= 11 is 1.88. The number of hydrogen-bond donors (Lipinski definition) is 1. The van der Waals surface area contributed by atoms with Crippen LogP contribution in [0.5, 0.6) is 0 Å². The third-order valence-electron chi connectivity index (χ3n) is 7.70. The van der Waals surface area contributed by atoms with Gasteiger partial charge in [-0.1, -0.05) is 18.2 Å². The first-order valence-electron chi connectivity index (χ1n) is 12.4. The van der Waals surface area contributed by atoms with E-state index in [1.807, 2.05) is 40.7 Å². The Morgan fingerprint density at radius 3 is 2.69 bits per heavy atom. The van der Waals surface area contributed by atoms with Gasteiger partial charge in [0, 0.05) is 40.5 Å². The van der Waals surface area contributed by atoms with E-state index in [4.69, 9.17) is 5.10 Å². The van der Waals surface area contributed by atoms with Crippen molar-refractivity contribution in [2.75, 3.05) is 11.5 Å². The topological polar surface area (TPSA) is 46.9 Å². The highest BCUT2D eigenvalue weighted by Crippen LogP contribution is 2.50. The zero-order valence-electron chi connectivity index (χ0n) is 19.8. The van der Waals surface area contributed by atoms with E-state index in [1.165, 1.54) is 12.1 Å². The molecule has 0 radical (unpaired) electrons. The molecular formula is C28H29F2N3OS. The van der Waals surface area contributed by atoms with E-state index in [2.05, 4.69) is 12.2 Å². The Kier molecular flexibility index (Phi) is 5.51. The van der Waals surface area contributed by atoms with Gasteiger partial charge in [-0.2, -0.15) is 16.9 Å². The zero-order valence-corrected chi connectivity index (χ0v) is 20.6. The average molecular weight is 494 g/mol. The van der Waals surface area contributed by atoms with Crippen LogP contribution in [0.25, 0.3) is 16.9 Å². The first-order valence-corrected chi connectivity index (χ1v) is 13.6. The number of carbonyl (C=O) groups excluding carboxylic acids is 1. The Balaban J connectivity index is 1.37. The summed E-state index contributed by atoms with van der Waals surface area (Å²) in [6, 6.07) is 13.9. The van der Waals surface area contributed by atoms with Crippen LogP contribution < -0.4 is 5.32 Å². The molecule has 7 heteroatoms. The van der Waals surface area contributed by atoms with Crippen molar-refractivity contribution >= 4 is 17.7 Å². The predicted octanol–water partition coefficient (Wildman–Crippen LogP) is 5.75. The molecule has 2 heterocycles. The van der Waals surface area contributed by atoms with Gasteiger partial charge in [0.05, 0.1) is 11.4 Å². The summed E-state index contributed by atoms with van der Waals surface area (Å²) < 4.78 is 30.3. The summed E-state index contributed by atoms with van der Waals surface area (Å²) in [6.07, 6.45) is 4.16. The summed E-state index contributed by atoms with van der Waals surface area (Å²) in [7, 11) is 0. The van der Waals surface area contributed by atoms with Crippen LogP contribution in [0.1, 0.15) is 49.4 Å². The van der Waals surface area contributed by atoms with Gasteiger partial charge >= 0.3 is 0 Å². The fraction of sp³-hybridized carbons (Fsp3) is 0.429. The standard InChI is InChI=1S/C28H29F2N3OS/c1-27(13-14-35-17-27)31-26(34)19-5-10-23-24(16-19)33(22-8-6-21(29)7-9-22)32-25(23)18-3-2-4-20(15-18)28(30)11-12-28/h2-4,6-9,15,19H,5,10-14,16-17H2,1H3,(H,31,34). The Bertz CT molecular complexity index is 1280. The minimum atomic E-state index is -1.21. The van der Waals surface area contributed by atoms with Crippen molar-refractivity contribution in [2.24, 2.45) is 5.92 Å². The second-order valence-corrected chi connectivity index (χ2v) is 11.6. The van der Waals surface area contributed by atoms with Gasteiger partial charge in [-0.15, -0.1) is 0 Å². The first-order chi connectivity index (χ1) is 16.8. The molecule has 1 saturated carbocycles. The van der Waals surface area contributed by atoms with Gasteiger partial charge < -0.3 is 5.32 Å². The summed E-state index contributed by atoms with van der Waals surface area (Å²) in [4.78, 5) is 13.3. The minimum Gasteiger partial charge on any atom is -0.350 e. The van der Waals surface area contributed by atoms with Gasteiger partial charge in [-0.3, -0.25) is 4.79 Å². The van der Waals surface area contributed by atoms with E-state index < -0.39 is 5.67 Å². The number of thioether (sulfide) groups is 1. The summed E-state index contributed by atoms with van der Waals surface area (Å²) in [5.41, 5.74) is 3.90. The van der Waals surface area contributed by atoms with Crippen molar-refractivity contribution in [3.05, 3.63) is 71.2 Å². The third-order valence-corrected chi connectivity index (χ3v) is 9.03. The van der Waals surface area contributed by atoms with E-state index in [0.717, 1.165) is 59.0 Å². The number of amides is 1. The largest absolute Gasteiger partial charge is 0.350 e. The average Bonchev–Trinajstić information content (AvgIpc) is 3.30. The SMILES string of the molecule is CC1(NC(=O)C2CCc3c(-c4cccc(C5(F)CC5)c4)nn(-c4ccc(F)cc4)c3C2)CCSC1. The summed E-state index contributed by atoms with van der Waals surface area (Å²) in [5.74, 6) is 1.68. The predicted molar refractivity (Wildman–Crippen MR) is 135 cm³/mol. The number of hydrogen-bond acceptors (Lipinski definition) is 3. The molecule has 1 amide bonds. The van der Waals surface area contributed by atoms with Crippen molar-refractivity contribution in [2.45, 2.75) is 56.7 Å². The molecule has 2 fully saturated rings. The van der Waals surface area contributed by atoms with Crippen LogP contribution in [0, 0.1) is 11.7 Å². The first kappa shape index (κ1) is 22.8. The molecular weight excluding hydrogens is 464 g/mol. The van der Waals surface area contributed by atoms with E-state index in [1.54, 1.807) is 12.1 Å². The highest BCUT2D eigenvalue weighted by atomic mass is 32.2. The van der Waals surface area contributed by atoms with Gasteiger partial charge in [-0.25, -0.2) is 13.5 Å². The van der Waals surface area contributed by atoms with Crippen LogP contribution in [-0.4, -0.2) is 32.7 Å². The van der Waals surface area contributed by atoms with Gasteiger partial charge in [0.25, 0.3) is 0 Å². The lowest BCUT2D eigenvalue weighted by Gasteiger charge is -2.29. The Morgan fingerprint density at radius 2 is 1.97 bits per heavy atom. The highest BCUT2D eigenvalue weighted by Gasteiger charge is 2.45. The molecule has 2 unspecified atom stereocenters. The van der Waals surface area contributed by atoms with Gasteiger partial charge in [0.15, 0.2) is 0 Å². The number of fused-ring (bicyclic) bond motifs is 1. The molecule has 2 aliphatic carbocycles. The van der Waals surface area contributed by atoms with Crippen LogP contribution in [0.3, 0.4) is 0 Å². The number of carbonyl (C=O) groups is 1. The van der Waals surface area contributed by atoms with Crippen LogP contribution in [0.4, 0.5) is 8.78 Å². The van der Waals surface area contributed by atoms with Crippen LogP contribution >= 0.6 is 11.8 Å². The van der Waals surface area contributed by atoms with E-state index >= 15 is 0 Å². The zero-order chi connectivity index (χ0) is 24.2. The van der Waals surface area contributed by atoms with E-state index in [-0.39, 0.29) is 23.2 Å². The lowest BCUT2D eigenvalue weighted by atomic mass is 9.84. The second-order valence-electron chi connectivity index (χ2n) is 10.5. The molecule has 2 atom stereocenters. The molecule has 2 aromatic carbocycles. The fourth-order valence-corrected chi connectivity index (χ4v) is 6.78. The number of alkyl halides is 1. The van der Waals surface area contributed by atoms with Crippen molar-refractivity contribution in [3.8, 4) is 16.9 Å². The monoisotopic (exact) mass is 493 g/mol. The fourth-order valence-electron chi connectivity index (χ4n) is 5.37.